The lowest BCUT2D eigenvalue weighted by atomic mass is 10.2. The molecule has 4 heteroatoms. The molecule has 0 aliphatic rings. The van der Waals surface area contributed by atoms with E-state index in [1.54, 1.807) is 0 Å². The molecule has 18 heavy (non-hydrogen) atoms. The number of para-hydroxylation sites is 1. The third-order valence-electron chi connectivity index (χ3n) is 3.56. The SMILES string of the molecule is Cc1cccc2nc(N)n(CCN(C)C(C)C)c12. The molecule has 0 unspecified atom stereocenters. The topological polar surface area (TPSA) is 47.1 Å². The van der Waals surface area contributed by atoms with Crippen molar-refractivity contribution in [1.29, 1.82) is 0 Å². The van der Waals surface area contributed by atoms with E-state index in [4.69, 9.17) is 5.73 Å². The number of aryl methyl sites for hydroxylation is 1. The van der Waals surface area contributed by atoms with Gasteiger partial charge in [0.1, 0.15) is 0 Å². The second-order valence-electron chi connectivity index (χ2n) is 5.14. The summed E-state index contributed by atoms with van der Waals surface area (Å²) in [5.74, 6) is 0.608. The Hall–Kier alpha value is -1.55. The summed E-state index contributed by atoms with van der Waals surface area (Å²) in [6.07, 6.45) is 0. The molecule has 1 aromatic carbocycles. The van der Waals surface area contributed by atoms with Crippen LogP contribution in [0.1, 0.15) is 19.4 Å². The summed E-state index contributed by atoms with van der Waals surface area (Å²) in [5.41, 5.74) is 9.39. The molecule has 0 spiro atoms. The van der Waals surface area contributed by atoms with Gasteiger partial charge in [0, 0.05) is 19.1 Å². The van der Waals surface area contributed by atoms with Crippen LogP contribution in [0.2, 0.25) is 0 Å². The predicted octanol–water partition coefficient (Wildman–Crippen LogP) is 2.27. The molecule has 1 heterocycles. The van der Waals surface area contributed by atoms with Crippen molar-refractivity contribution in [3.63, 3.8) is 0 Å². The van der Waals surface area contributed by atoms with Crippen LogP contribution in [0.15, 0.2) is 18.2 Å². The van der Waals surface area contributed by atoms with Crippen molar-refractivity contribution in [2.75, 3.05) is 19.3 Å². The molecular formula is C14H22N4. The van der Waals surface area contributed by atoms with Crippen molar-refractivity contribution in [2.45, 2.75) is 33.4 Å². The molecule has 2 rings (SSSR count). The fourth-order valence-electron chi connectivity index (χ4n) is 2.13. The standard InChI is InChI=1S/C14H22N4/c1-10(2)17(4)8-9-18-13-11(3)6-5-7-12(13)16-14(18)15/h5-7,10H,8-9H2,1-4H3,(H2,15,16). The van der Waals surface area contributed by atoms with Gasteiger partial charge < -0.3 is 15.2 Å². The van der Waals surface area contributed by atoms with Crippen molar-refractivity contribution in [1.82, 2.24) is 14.5 Å². The molecule has 0 atom stereocenters. The monoisotopic (exact) mass is 246 g/mol. The lowest BCUT2D eigenvalue weighted by molar-refractivity contribution is 0.264. The molecule has 0 saturated heterocycles. The highest BCUT2D eigenvalue weighted by Crippen LogP contribution is 2.21. The summed E-state index contributed by atoms with van der Waals surface area (Å²) < 4.78 is 2.11. The van der Waals surface area contributed by atoms with Crippen LogP contribution >= 0.6 is 0 Å². The van der Waals surface area contributed by atoms with Gasteiger partial charge in [-0.3, -0.25) is 0 Å². The minimum atomic E-state index is 0.544. The molecule has 0 bridgehead atoms. The van der Waals surface area contributed by atoms with Crippen molar-refractivity contribution < 1.29 is 0 Å². The second kappa shape index (κ2) is 4.98. The van der Waals surface area contributed by atoms with Crippen molar-refractivity contribution >= 4 is 17.0 Å². The highest BCUT2D eigenvalue weighted by Gasteiger charge is 2.11. The van der Waals surface area contributed by atoms with E-state index in [0.717, 1.165) is 24.1 Å². The van der Waals surface area contributed by atoms with Gasteiger partial charge in [-0.1, -0.05) is 12.1 Å². The van der Waals surface area contributed by atoms with Gasteiger partial charge >= 0.3 is 0 Å². The summed E-state index contributed by atoms with van der Waals surface area (Å²) in [6, 6.07) is 6.68. The van der Waals surface area contributed by atoms with Gasteiger partial charge in [0.15, 0.2) is 0 Å². The highest BCUT2D eigenvalue weighted by molar-refractivity contribution is 5.81. The first-order chi connectivity index (χ1) is 8.50. The lowest BCUT2D eigenvalue weighted by Gasteiger charge is -2.21. The Morgan fingerprint density at radius 1 is 1.39 bits per heavy atom. The summed E-state index contributed by atoms with van der Waals surface area (Å²) in [5, 5.41) is 0. The van der Waals surface area contributed by atoms with E-state index in [9.17, 15) is 0 Å². The molecule has 0 aliphatic heterocycles. The first-order valence-electron chi connectivity index (χ1n) is 6.42. The van der Waals surface area contributed by atoms with Gasteiger partial charge in [-0.15, -0.1) is 0 Å². The number of anilines is 1. The van der Waals surface area contributed by atoms with Crippen LogP contribution in [-0.2, 0) is 6.54 Å². The fraction of sp³-hybridized carbons (Fsp3) is 0.500. The maximum atomic E-state index is 6.02. The number of fused-ring (bicyclic) bond motifs is 1. The Balaban J connectivity index is 2.30. The zero-order valence-corrected chi connectivity index (χ0v) is 11.6. The number of benzene rings is 1. The first-order valence-corrected chi connectivity index (χ1v) is 6.42. The number of hydrogen-bond acceptors (Lipinski definition) is 3. The van der Waals surface area contributed by atoms with E-state index in [1.807, 2.05) is 12.1 Å². The lowest BCUT2D eigenvalue weighted by Crippen LogP contribution is -2.30. The third-order valence-corrected chi connectivity index (χ3v) is 3.56. The molecule has 0 fully saturated rings. The number of nitrogens with zero attached hydrogens (tertiary/aromatic N) is 3. The van der Waals surface area contributed by atoms with E-state index in [0.29, 0.717) is 12.0 Å². The van der Waals surface area contributed by atoms with Gasteiger partial charge in [-0.25, -0.2) is 4.98 Å². The number of imidazole rings is 1. The molecule has 0 radical (unpaired) electrons. The molecule has 2 N–H and O–H groups in total. The zero-order chi connectivity index (χ0) is 13.3. The summed E-state index contributed by atoms with van der Waals surface area (Å²) in [4.78, 5) is 6.73. The van der Waals surface area contributed by atoms with Crippen LogP contribution in [0.4, 0.5) is 5.95 Å². The maximum Gasteiger partial charge on any atom is 0.201 e. The van der Waals surface area contributed by atoms with Crippen molar-refractivity contribution in [3.8, 4) is 0 Å². The summed E-state index contributed by atoms with van der Waals surface area (Å²) in [7, 11) is 2.13. The number of nitrogen functional groups attached to an aromatic ring is 1. The van der Waals surface area contributed by atoms with E-state index < -0.39 is 0 Å². The molecule has 0 saturated carbocycles. The Morgan fingerprint density at radius 2 is 2.11 bits per heavy atom. The Bertz CT molecular complexity index is 542. The first kappa shape index (κ1) is 12.9. The van der Waals surface area contributed by atoms with Crippen molar-refractivity contribution in [3.05, 3.63) is 23.8 Å². The van der Waals surface area contributed by atoms with Gasteiger partial charge in [0.2, 0.25) is 5.95 Å². The smallest absolute Gasteiger partial charge is 0.201 e. The number of nitrogens with two attached hydrogens (primary N) is 1. The van der Waals surface area contributed by atoms with Crippen LogP contribution in [0.25, 0.3) is 11.0 Å². The minimum Gasteiger partial charge on any atom is -0.369 e. The Labute approximate surface area is 108 Å². The number of likely N-dealkylation sites (N-methyl/N-ethyl adjacent to an activating group) is 1. The van der Waals surface area contributed by atoms with E-state index >= 15 is 0 Å². The average Bonchev–Trinajstić information content (AvgIpc) is 2.63. The largest absolute Gasteiger partial charge is 0.369 e. The Morgan fingerprint density at radius 3 is 2.78 bits per heavy atom. The van der Waals surface area contributed by atoms with E-state index in [2.05, 4.69) is 48.3 Å². The van der Waals surface area contributed by atoms with Gasteiger partial charge in [-0.2, -0.15) is 0 Å². The summed E-state index contributed by atoms with van der Waals surface area (Å²) >= 11 is 0. The van der Waals surface area contributed by atoms with E-state index in [1.165, 1.54) is 5.56 Å². The number of rotatable bonds is 4. The second-order valence-corrected chi connectivity index (χ2v) is 5.14. The third kappa shape index (κ3) is 2.34. The molecule has 0 amide bonds. The van der Waals surface area contributed by atoms with Crippen LogP contribution in [-0.4, -0.2) is 34.1 Å². The molecule has 0 aliphatic carbocycles. The predicted molar refractivity (Wildman–Crippen MR) is 76.6 cm³/mol. The molecule has 4 nitrogen and oxygen atoms in total. The van der Waals surface area contributed by atoms with Gasteiger partial charge in [0.05, 0.1) is 11.0 Å². The maximum absolute atomic E-state index is 6.02. The molecular weight excluding hydrogens is 224 g/mol. The minimum absolute atomic E-state index is 0.544. The normalized spacial score (nSPS) is 11.9. The summed E-state index contributed by atoms with van der Waals surface area (Å²) in [6.45, 7) is 8.34. The van der Waals surface area contributed by atoms with Crippen LogP contribution in [0, 0.1) is 6.92 Å². The quantitative estimate of drug-likeness (QED) is 0.900. The Kier molecular flexibility index (Phi) is 3.57. The number of hydrogen-bond donors (Lipinski definition) is 1. The molecule has 98 valence electrons. The average molecular weight is 246 g/mol. The van der Waals surface area contributed by atoms with E-state index in [-0.39, 0.29) is 0 Å². The fourth-order valence-corrected chi connectivity index (χ4v) is 2.13. The van der Waals surface area contributed by atoms with Gasteiger partial charge in [0.25, 0.3) is 0 Å². The van der Waals surface area contributed by atoms with Crippen LogP contribution in [0.3, 0.4) is 0 Å². The molecule has 1 aromatic heterocycles. The highest BCUT2D eigenvalue weighted by atomic mass is 15.2. The van der Waals surface area contributed by atoms with Crippen LogP contribution < -0.4 is 5.73 Å². The van der Waals surface area contributed by atoms with Crippen molar-refractivity contribution in [2.24, 2.45) is 0 Å². The van der Waals surface area contributed by atoms with Crippen LogP contribution in [0.5, 0.6) is 0 Å². The van der Waals surface area contributed by atoms with Gasteiger partial charge in [-0.05, 0) is 39.4 Å². The molecule has 2 aromatic rings. The zero-order valence-electron chi connectivity index (χ0n) is 11.6. The number of aromatic nitrogens is 2.